The highest BCUT2D eigenvalue weighted by atomic mass is 15.2. The van der Waals surface area contributed by atoms with Gasteiger partial charge in [0.25, 0.3) is 0 Å². The zero-order valence-corrected chi connectivity index (χ0v) is 8.47. The van der Waals surface area contributed by atoms with Gasteiger partial charge in [-0.1, -0.05) is 25.7 Å². The van der Waals surface area contributed by atoms with Crippen molar-refractivity contribution in [2.24, 2.45) is 23.4 Å². The lowest BCUT2D eigenvalue weighted by molar-refractivity contribution is 0.254. The summed E-state index contributed by atoms with van der Waals surface area (Å²) >= 11 is 0. The highest BCUT2D eigenvalue weighted by Gasteiger charge is 2.19. The Hall–Kier alpha value is -0.120. The predicted octanol–water partition coefficient (Wildman–Crippen LogP) is 0.995. The fourth-order valence-corrected chi connectivity index (χ4v) is 2.33. The Morgan fingerprint density at radius 3 is 2.00 bits per heavy atom. The molecule has 0 aromatic rings. The standard InChI is InChI=1S/C10H23N3/c11-7-5-9-1-3-10(4-2-9)6-8-13-12/h9-10,13H,1-8,11-12H2. The number of nitrogens with one attached hydrogen (secondary N) is 1. The molecule has 0 bridgehead atoms. The van der Waals surface area contributed by atoms with Crippen molar-refractivity contribution >= 4 is 0 Å². The van der Waals surface area contributed by atoms with E-state index in [1.54, 1.807) is 0 Å². The third-order valence-corrected chi connectivity index (χ3v) is 3.24. The summed E-state index contributed by atoms with van der Waals surface area (Å²) in [6.07, 6.45) is 7.99. The number of hydrazine groups is 1. The minimum absolute atomic E-state index is 0.861. The van der Waals surface area contributed by atoms with Gasteiger partial charge in [0.05, 0.1) is 0 Å². The highest BCUT2D eigenvalue weighted by molar-refractivity contribution is 4.73. The molecule has 5 N–H and O–H groups in total. The molecule has 0 spiro atoms. The van der Waals surface area contributed by atoms with E-state index in [-0.39, 0.29) is 0 Å². The lowest BCUT2D eigenvalue weighted by Crippen LogP contribution is -2.26. The van der Waals surface area contributed by atoms with E-state index in [0.717, 1.165) is 24.9 Å². The molecule has 0 aliphatic heterocycles. The summed E-state index contributed by atoms with van der Waals surface area (Å²) in [4.78, 5) is 0. The Morgan fingerprint density at radius 1 is 1.00 bits per heavy atom. The quantitative estimate of drug-likeness (QED) is 0.442. The average molecular weight is 185 g/mol. The van der Waals surface area contributed by atoms with Crippen molar-refractivity contribution in [3.8, 4) is 0 Å². The van der Waals surface area contributed by atoms with Crippen molar-refractivity contribution in [2.45, 2.75) is 38.5 Å². The molecule has 13 heavy (non-hydrogen) atoms. The summed E-state index contributed by atoms with van der Waals surface area (Å²) in [5.74, 6) is 7.07. The molecular formula is C10H23N3. The van der Waals surface area contributed by atoms with Gasteiger partial charge < -0.3 is 5.73 Å². The van der Waals surface area contributed by atoms with Gasteiger partial charge in [-0.05, 0) is 31.2 Å². The average Bonchev–Trinajstić information content (AvgIpc) is 2.17. The van der Waals surface area contributed by atoms with E-state index < -0.39 is 0 Å². The van der Waals surface area contributed by atoms with Gasteiger partial charge in [0.2, 0.25) is 0 Å². The van der Waals surface area contributed by atoms with Crippen LogP contribution in [0.15, 0.2) is 0 Å². The molecule has 1 aliphatic carbocycles. The summed E-state index contributed by atoms with van der Waals surface area (Å²) in [5, 5.41) is 0. The van der Waals surface area contributed by atoms with Crippen LogP contribution in [0.3, 0.4) is 0 Å². The predicted molar refractivity (Wildman–Crippen MR) is 55.9 cm³/mol. The molecule has 1 fully saturated rings. The third-order valence-electron chi connectivity index (χ3n) is 3.24. The smallest absolute Gasteiger partial charge is 0.01000 e. The van der Waals surface area contributed by atoms with E-state index in [4.69, 9.17) is 11.6 Å². The first kappa shape index (κ1) is 11.0. The molecule has 0 aromatic carbocycles. The Kier molecular flexibility index (Phi) is 5.35. The topological polar surface area (TPSA) is 64.1 Å². The highest BCUT2D eigenvalue weighted by Crippen LogP contribution is 2.31. The summed E-state index contributed by atoms with van der Waals surface area (Å²) < 4.78 is 0. The summed E-state index contributed by atoms with van der Waals surface area (Å²) in [6, 6.07) is 0. The Labute approximate surface area is 81.2 Å². The van der Waals surface area contributed by atoms with Gasteiger partial charge in [0.1, 0.15) is 0 Å². The number of rotatable bonds is 5. The molecule has 3 heteroatoms. The van der Waals surface area contributed by atoms with E-state index in [1.165, 1.54) is 38.5 Å². The molecule has 78 valence electrons. The minimum Gasteiger partial charge on any atom is -0.330 e. The second-order valence-electron chi connectivity index (χ2n) is 4.21. The largest absolute Gasteiger partial charge is 0.330 e. The maximum Gasteiger partial charge on any atom is 0.01000 e. The molecule has 1 saturated carbocycles. The molecule has 0 heterocycles. The van der Waals surface area contributed by atoms with Gasteiger partial charge in [-0.15, -0.1) is 0 Å². The molecule has 0 radical (unpaired) electrons. The van der Waals surface area contributed by atoms with E-state index in [0.29, 0.717) is 0 Å². The van der Waals surface area contributed by atoms with Crippen LogP contribution < -0.4 is 17.0 Å². The molecule has 3 nitrogen and oxygen atoms in total. The minimum atomic E-state index is 0.861. The van der Waals surface area contributed by atoms with Gasteiger partial charge in [-0.2, -0.15) is 0 Å². The van der Waals surface area contributed by atoms with Crippen LogP contribution >= 0.6 is 0 Å². The molecule has 0 atom stereocenters. The lowest BCUT2D eigenvalue weighted by atomic mass is 9.79. The van der Waals surface area contributed by atoms with Crippen LogP contribution in [0.4, 0.5) is 0 Å². The molecular weight excluding hydrogens is 162 g/mol. The second-order valence-corrected chi connectivity index (χ2v) is 4.21. The zero-order chi connectivity index (χ0) is 9.52. The summed E-state index contributed by atoms with van der Waals surface area (Å²) in [7, 11) is 0. The normalized spacial score (nSPS) is 29.1. The van der Waals surface area contributed by atoms with Gasteiger partial charge in [0.15, 0.2) is 0 Å². The van der Waals surface area contributed by atoms with Crippen molar-refractivity contribution < 1.29 is 0 Å². The zero-order valence-electron chi connectivity index (χ0n) is 8.47. The van der Waals surface area contributed by atoms with Crippen molar-refractivity contribution in [1.29, 1.82) is 0 Å². The van der Waals surface area contributed by atoms with Gasteiger partial charge in [-0.3, -0.25) is 11.3 Å². The first-order valence-corrected chi connectivity index (χ1v) is 5.50. The van der Waals surface area contributed by atoms with Crippen LogP contribution in [0, 0.1) is 11.8 Å². The number of nitrogens with two attached hydrogens (primary N) is 2. The maximum atomic E-state index is 5.55. The Balaban J connectivity index is 2.08. The number of hydrogen-bond donors (Lipinski definition) is 3. The molecule has 0 saturated heterocycles. The van der Waals surface area contributed by atoms with Crippen LogP contribution in [-0.2, 0) is 0 Å². The molecule has 0 amide bonds. The molecule has 1 aliphatic rings. The van der Waals surface area contributed by atoms with Gasteiger partial charge in [0, 0.05) is 6.54 Å². The van der Waals surface area contributed by atoms with E-state index >= 15 is 0 Å². The fourth-order valence-electron chi connectivity index (χ4n) is 2.33. The van der Waals surface area contributed by atoms with Crippen LogP contribution in [0.1, 0.15) is 38.5 Å². The molecule has 0 aromatic heterocycles. The van der Waals surface area contributed by atoms with Crippen molar-refractivity contribution in [2.75, 3.05) is 13.1 Å². The molecule has 0 unspecified atom stereocenters. The van der Waals surface area contributed by atoms with Crippen molar-refractivity contribution in [1.82, 2.24) is 5.43 Å². The third kappa shape index (κ3) is 4.07. The Morgan fingerprint density at radius 2 is 1.54 bits per heavy atom. The van der Waals surface area contributed by atoms with Crippen LogP contribution in [0.25, 0.3) is 0 Å². The van der Waals surface area contributed by atoms with Crippen LogP contribution in [0.2, 0.25) is 0 Å². The summed E-state index contributed by atoms with van der Waals surface area (Å²) in [5.41, 5.74) is 8.28. The van der Waals surface area contributed by atoms with Crippen LogP contribution in [-0.4, -0.2) is 13.1 Å². The van der Waals surface area contributed by atoms with Crippen LogP contribution in [0.5, 0.6) is 0 Å². The molecule has 1 rings (SSSR count). The number of hydrogen-bond acceptors (Lipinski definition) is 3. The van der Waals surface area contributed by atoms with Gasteiger partial charge in [-0.25, -0.2) is 0 Å². The first-order valence-electron chi connectivity index (χ1n) is 5.50. The Bertz CT molecular complexity index is 119. The maximum absolute atomic E-state index is 5.55. The lowest BCUT2D eigenvalue weighted by Gasteiger charge is -2.28. The van der Waals surface area contributed by atoms with E-state index in [1.807, 2.05) is 0 Å². The SMILES string of the molecule is NCCC1CCC(CCNN)CC1. The van der Waals surface area contributed by atoms with E-state index in [9.17, 15) is 0 Å². The monoisotopic (exact) mass is 185 g/mol. The first-order chi connectivity index (χ1) is 6.36. The van der Waals surface area contributed by atoms with Crippen molar-refractivity contribution in [3.63, 3.8) is 0 Å². The fraction of sp³-hybridized carbons (Fsp3) is 1.00. The van der Waals surface area contributed by atoms with Gasteiger partial charge >= 0.3 is 0 Å². The van der Waals surface area contributed by atoms with Crippen molar-refractivity contribution in [3.05, 3.63) is 0 Å². The second kappa shape index (κ2) is 6.35. The summed E-state index contributed by atoms with van der Waals surface area (Å²) in [6.45, 7) is 1.83. The van der Waals surface area contributed by atoms with E-state index in [2.05, 4.69) is 5.43 Å².